The van der Waals surface area contributed by atoms with Crippen LogP contribution in [-0.2, 0) is 0 Å². The third-order valence-electron chi connectivity index (χ3n) is 5.34. The standard InChI is InChI=1S/C17H19N5O/c1-22-12-3-4-13(22)8-11(7-12)19-17(23)16-14-6-10(9-18)2-5-15(14)20-21-16/h2,5-6,11-13H,3-4,7-8H2,1H3,(H,19,23)(H,20,21). The lowest BCUT2D eigenvalue weighted by atomic mass is 9.98. The fourth-order valence-corrected chi connectivity index (χ4v) is 4.04. The molecular weight excluding hydrogens is 290 g/mol. The number of nitriles is 1. The summed E-state index contributed by atoms with van der Waals surface area (Å²) >= 11 is 0. The number of nitrogens with one attached hydrogen (secondary N) is 2. The van der Waals surface area contributed by atoms with Gasteiger partial charge in [-0.25, -0.2) is 0 Å². The van der Waals surface area contributed by atoms with E-state index in [1.807, 2.05) is 0 Å². The summed E-state index contributed by atoms with van der Waals surface area (Å²) in [6.45, 7) is 0. The van der Waals surface area contributed by atoms with E-state index in [2.05, 4.69) is 33.5 Å². The van der Waals surface area contributed by atoms with E-state index in [1.54, 1.807) is 18.2 Å². The van der Waals surface area contributed by atoms with Crippen LogP contribution in [0.3, 0.4) is 0 Å². The van der Waals surface area contributed by atoms with Crippen LogP contribution in [0.2, 0.25) is 0 Å². The molecule has 23 heavy (non-hydrogen) atoms. The molecule has 3 heterocycles. The highest BCUT2D eigenvalue weighted by atomic mass is 16.2. The van der Waals surface area contributed by atoms with Gasteiger partial charge < -0.3 is 10.2 Å². The maximum atomic E-state index is 12.6. The van der Waals surface area contributed by atoms with E-state index in [-0.39, 0.29) is 11.9 Å². The van der Waals surface area contributed by atoms with Crippen molar-refractivity contribution in [2.45, 2.75) is 43.8 Å². The minimum Gasteiger partial charge on any atom is -0.348 e. The largest absolute Gasteiger partial charge is 0.348 e. The molecule has 118 valence electrons. The smallest absolute Gasteiger partial charge is 0.272 e. The highest BCUT2D eigenvalue weighted by molar-refractivity contribution is 6.05. The van der Waals surface area contributed by atoms with Crippen molar-refractivity contribution in [3.8, 4) is 6.07 Å². The zero-order valence-corrected chi connectivity index (χ0v) is 13.0. The number of aromatic amines is 1. The Morgan fingerprint density at radius 3 is 2.83 bits per heavy atom. The molecule has 2 unspecified atom stereocenters. The van der Waals surface area contributed by atoms with E-state index in [1.165, 1.54) is 12.8 Å². The molecule has 2 atom stereocenters. The molecule has 1 aromatic carbocycles. The second-order valence-electron chi connectivity index (χ2n) is 6.64. The van der Waals surface area contributed by atoms with Crippen molar-refractivity contribution in [1.82, 2.24) is 20.4 Å². The molecule has 0 saturated carbocycles. The number of benzene rings is 1. The van der Waals surface area contributed by atoms with Crippen LogP contribution in [0.5, 0.6) is 0 Å². The van der Waals surface area contributed by atoms with Crippen molar-refractivity contribution in [1.29, 1.82) is 5.26 Å². The van der Waals surface area contributed by atoms with Gasteiger partial charge in [0.1, 0.15) is 0 Å². The lowest BCUT2D eigenvalue weighted by Crippen LogP contribution is -2.48. The van der Waals surface area contributed by atoms with E-state index in [4.69, 9.17) is 5.26 Å². The summed E-state index contributed by atoms with van der Waals surface area (Å²) in [7, 11) is 2.19. The first-order chi connectivity index (χ1) is 11.2. The second-order valence-corrected chi connectivity index (χ2v) is 6.64. The van der Waals surface area contributed by atoms with Gasteiger partial charge in [0.25, 0.3) is 5.91 Å². The first kappa shape index (κ1) is 14.2. The molecule has 2 N–H and O–H groups in total. The minimum absolute atomic E-state index is 0.153. The number of nitrogens with zero attached hydrogens (tertiary/aromatic N) is 3. The fourth-order valence-electron chi connectivity index (χ4n) is 4.04. The average molecular weight is 309 g/mol. The molecular formula is C17H19N5O. The van der Waals surface area contributed by atoms with Crippen molar-refractivity contribution in [2.24, 2.45) is 0 Å². The zero-order chi connectivity index (χ0) is 16.0. The van der Waals surface area contributed by atoms with Crippen LogP contribution >= 0.6 is 0 Å². The van der Waals surface area contributed by atoms with E-state index < -0.39 is 0 Å². The van der Waals surface area contributed by atoms with Crippen LogP contribution in [-0.4, -0.2) is 46.2 Å². The van der Waals surface area contributed by atoms with Crippen LogP contribution in [0.25, 0.3) is 10.9 Å². The minimum atomic E-state index is -0.153. The van der Waals surface area contributed by atoms with Crippen molar-refractivity contribution in [3.63, 3.8) is 0 Å². The van der Waals surface area contributed by atoms with Crippen molar-refractivity contribution in [2.75, 3.05) is 7.05 Å². The summed E-state index contributed by atoms with van der Waals surface area (Å²) < 4.78 is 0. The summed E-state index contributed by atoms with van der Waals surface area (Å²) in [5, 5.41) is 19.9. The molecule has 6 heteroatoms. The van der Waals surface area contributed by atoms with E-state index in [9.17, 15) is 4.79 Å². The zero-order valence-electron chi connectivity index (χ0n) is 13.0. The number of rotatable bonds is 2. The summed E-state index contributed by atoms with van der Waals surface area (Å²) in [6, 6.07) is 8.70. The Bertz CT molecular complexity index is 791. The number of fused-ring (bicyclic) bond motifs is 3. The van der Waals surface area contributed by atoms with Crippen LogP contribution in [0.4, 0.5) is 0 Å². The summed E-state index contributed by atoms with van der Waals surface area (Å²) in [5.41, 5.74) is 1.69. The van der Waals surface area contributed by atoms with E-state index in [0.29, 0.717) is 28.7 Å². The number of amides is 1. The van der Waals surface area contributed by atoms with Gasteiger partial charge in [-0.2, -0.15) is 10.4 Å². The SMILES string of the molecule is CN1C2CCC1CC(NC(=O)c1n[nH]c3ccc(C#N)cc13)C2. The van der Waals surface area contributed by atoms with Gasteiger partial charge in [0, 0.05) is 23.5 Å². The lowest BCUT2D eigenvalue weighted by Gasteiger charge is -2.36. The molecule has 4 rings (SSSR count). The molecule has 2 aliphatic rings. The van der Waals surface area contributed by atoms with Gasteiger partial charge in [-0.15, -0.1) is 0 Å². The number of carbonyl (C=O) groups excluding carboxylic acids is 1. The summed E-state index contributed by atoms with van der Waals surface area (Å²) in [5.74, 6) is -0.153. The van der Waals surface area contributed by atoms with Gasteiger partial charge in [-0.05, 0) is 50.9 Å². The molecule has 1 amide bonds. The molecule has 0 spiro atoms. The quantitative estimate of drug-likeness (QED) is 0.885. The van der Waals surface area contributed by atoms with Gasteiger partial charge in [0.15, 0.2) is 5.69 Å². The van der Waals surface area contributed by atoms with Crippen molar-refractivity contribution in [3.05, 3.63) is 29.5 Å². The van der Waals surface area contributed by atoms with Crippen LogP contribution in [0.15, 0.2) is 18.2 Å². The molecule has 2 bridgehead atoms. The van der Waals surface area contributed by atoms with Gasteiger partial charge in [0.2, 0.25) is 0 Å². The van der Waals surface area contributed by atoms with Crippen LogP contribution in [0, 0.1) is 11.3 Å². The number of carbonyl (C=O) groups is 1. The summed E-state index contributed by atoms with van der Waals surface area (Å²) in [4.78, 5) is 15.1. The molecule has 2 fully saturated rings. The Morgan fingerprint density at radius 2 is 2.13 bits per heavy atom. The maximum Gasteiger partial charge on any atom is 0.272 e. The number of aromatic nitrogens is 2. The molecule has 0 aliphatic carbocycles. The molecule has 2 aromatic rings. The first-order valence-corrected chi connectivity index (χ1v) is 8.06. The van der Waals surface area contributed by atoms with Crippen molar-refractivity contribution >= 4 is 16.8 Å². The number of hydrogen-bond donors (Lipinski definition) is 2. The van der Waals surface area contributed by atoms with Crippen molar-refractivity contribution < 1.29 is 4.79 Å². The third kappa shape index (κ3) is 2.37. The topological polar surface area (TPSA) is 84.8 Å². The molecule has 1 aromatic heterocycles. The Kier molecular flexibility index (Phi) is 3.31. The number of piperidine rings is 1. The Labute approximate surface area is 134 Å². The first-order valence-electron chi connectivity index (χ1n) is 8.06. The fraction of sp³-hybridized carbons (Fsp3) is 0.471. The number of H-pyrrole nitrogens is 1. The average Bonchev–Trinajstić information content (AvgIpc) is 3.04. The van der Waals surface area contributed by atoms with Gasteiger partial charge in [0.05, 0.1) is 17.1 Å². The normalized spacial score (nSPS) is 27.0. The van der Waals surface area contributed by atoms with E-state index >= 15 is 0 Å². The Balaban J connectivity index is 1.55. The van der Waals surface area contributed by atoms with Crippen LogP contribution < -0.4 is 5.32 Å². The van der Waals surface area contributed by atoms with Gasteiger partial charge >= 0.3 is 0 Å². The molecule has 2 aliphatic heterocycles. The predicted octanol–water partition coefficient (Wildman–Crippen LogP) is 1.79. The highest BCUT2D eigenvalue weighted by Gasteiger charge is 2.39. The van der Waals surface area contributed by atoms with Gasteiger partial charge in [-0.3, -0.25) is 9.89 Å². The summed E-state index contributed by atoms with van der Waals surface area (Å²) in [6.07, 6.45) is 4.46. The Hall–Kier alpha value is -2.39. The third-order valence-corrected chi connectivity index (χ3v) is 5.34. The van der Waals surface area contributed by atoms with Gasteiger partial charge in [-0.1, -0.05) is 0 Å². The molecule has 0 radical (unpaired) electrons. The highest BCUT2D eigenvalue weighted by Crippen LogP contribution is 2.34. The van der Waals surface area contributed by atoms with Crippen LogP contribution in [0.1, 0.15) is 41.7 Å². The lowest BCUT2D eigenvalue weighted by molar-refractivity contribution is 0.0879. The number of hydrogen-bond acceptors (Lipinski definition) is 4. The maximum absolute atomic E-state index is 12.6. The predicted molar refractivity (Wildman–Crippen MR) is 85.9 cm³/mol. The Morgan fingerprint density at radius 1 is 1.39 bits per heavy atom. The second kappa shape index (κ2) is 5.36. The molecule has 2 saturated heterocycles. The monoisotopic (exact) mass is 309 g/mol. The van der Waals surface area contributed by atoms with E-state index in [0.717, 1.165) is 18.4 Å². The molecule has 6 nitrogen and oxygen atoms in total.